The van der Waals surface area contributed by atoms with Gasteiger partial charge >= 0.3 is 0 Å². The van der Waals surface area contributed by atoms with E-state index in [1.54, 1.807) is 0 Å². The van der Waals surface area contributed by atoms with Crippen molar-refractivity contribution < 1.29 is 0 Å². The molecule has 3 aliphatic rings. The van der Waals surface area contributed by atoms with Crippen molar-refractivity contribution in [1.82, 2.24) is 4.90 Å². The van der Waals surface area contributed by atoms with Gasteiger partial charge in [0, 0.05) is 29.1 Å². The highest BCUT2D eigenvalue weighted by Gasteiger charge is 2.41. The molecule has 0 radical (unpaired) electrons. The van der Waals surface area contributed by atoms with Gasteiger partial charge in [0.15, 0.2) is 0 Å². The molecule has 1 saturated heterocycles. The Hall–Kier alpha value is -1.28. The number of halogens is 1. The third kappa shape index (κ3) is 1.19. The van der Waals surface area contributed by atoms with Crippen molar-refractivity contribution in [3.05, 3.63) is 40.4 Å². The van der Waals surface area contributed by atoms with Gasteiger partial charge in [0.2, 0.25) is 0 Å². The summed E-state index contributed by atoms with van der Waals surface area (Å²) in [5.41, 5.74) is 3.52. The molecule has 2 atom stereocenters. The molecule has 3 heteroatoms. The van der Waals surface area contributed by atoms with Crippen LogP contribution in [0.25, 0.3) is 0 Å². The van der Waals surface area contributed by atoms with Crippen LogP contribution in [0, 0.1) is 12.8 Å². The van der Waals surface area contributed by atoms with E-state index >= 15 is 0 Å². The van der Waals surface area contributed by atoms with Crippen LogP contribution in [0.1, 0.15) is 17.5 Å². The van der Waals surface area contributed by atoms with Crippen molar-refractivity contribution in [3.8, 4) is 0 Å². The summed E-state index contributed by atoms with van der Waals surface area (Å²) < 4.78 is 0. The zero-order chi connectivity index (χ0) is 11.6. The summed E-state index contributed by atoms with van der Waals surface area (Å²) in [7, 11) is 0. The first-order valence-corrected chi connectivity index (χ1v) is 6.43. The smallest absolute Gasteiger partial charge is 0.113 e. The van der Waals surface area contributed by atoms with Gasteiger partial charge in [-0.1, -0.05) is 29.8 Å². The molecule has 0 amide bonds. The summed E-state index contributed by atoms with van der Waals surface area (Å²) in [6.07, 6.45) is 5.80. The van der Waals surface area contributed by atoms with Gasteiger partial charge in [-0.25, -0.2) is 4.99 Å². The minimum absolute atomic E-state index is 0.534. The van der Waals surface area contributed by atoms with Crippen molar-refractivity contribution in [2.75, 3.05) is 0 Å². The minimum Gasteiger partial charge on any atom is -0.349 e. The van der Waals surface area contributed by atoms with Gasteiger partial charge in [0.25, 0.3) is 0 Å². The molecule has 17 heavy (non-hydrogen) atoms. The quantitative estimate of drug-likeness (QED) is 0.639. The lowest BCUT2D eigenvalue weighted by atomic mass is 10.0. The van der Waals surface area contributed by atoms with Crippen molar-refractivity contribution >= 4 is 23.1 Å². The lowest BCUT2D eigenvalue weighted by Gasteiger charge is -2.32. The molecular formula is C14H13ClN2. The van der Waals surface area contributed by atoms with E-state index in [4.69, 9.17) is 16.6 Å². The number of benzene rings is 1. The van der Waals surface area contributed by atoms with Crippen LogP contribution in [-0.2, 0) is 6.54 Å². The van der Waals surface area contributed by atoms with Gasteiger partial charge in [-0.2, -0.15) is 0 Å². The van der Waals surface area contributed by atoms with E-state index in [0.717, 1.165) is 17.3 Å². The van der Waals surface area contributed by atoms with Gasteiger partial charge in [0.05, 0.1) is 5.69 Å². The number of aliphatic imine (C=N–C) groups is 1. The highest BCUT2D eigenvalue weighted by molar-refractivity contribution is 6.31. The largest absolute Gasteiger partial charge is 0.349 e. The number of fused-ring (bicyclic) bond motifs is 6. The second-order valence-corrected chi connectivity index (χ2v) is 5.49. The van der Waals surface area contributed by atoms with E-state index in [0.29, 0.717) is 12.0 Å². The summed E-state index contributed by atoms with van der Waals surface area (Å²) in [6.45, 7) is 3.03. The number of hydrogen-bond acceptors (Lipinski definition) is 2. The third-order valence-corrected chi connectivity index (χ3v) is 4.42. The van der Waals surface area contributed by atoms with Gasteiger partial charge in [-0.3, -0.25) is 0 Å². The fourth-order valence-electron chi connectivity index (χ4n) is 3.15. The Morgan fingerprint density at radius 3 is 3.12 bits per heavy atom. The van der Waals surface area contributed by atoms with E-state index in [1.807, 2.05) is 6.07 Å². The van der Waals surface area contributed by atoms with Gasteiger partial charge in [0.1, 0.15) is 5.84 Å². The Kier molecular flexibility index (Phi) is 1.79. The normalized spacial score (nSPS) is 28.1. The molecule has 4 rings (SSSR count). The molecule has 0 aromatic heterocycles. The maximum Gasteiger partial charge on any atom is 0.113 e. The van der Waals surface area contributed by atoms with Crippen molar-refractivity contribution in [2.45, 2.75) is 25.9 Å². The van der Waals surface area contributed by atoms with Crippen LogP contribution in [0.15, 0.2) is 29.3 Å². The fraction of sp³-hybridized carbons (Fsp3) is 0.357. The third-order valence-electron chi connectivity index (χ3n) is 4.07. The number of amidine groups is 1. The number of hydrogen-bond donors (Lipinski definition) is 0. The van der Waals surface area contributed by atoms with E-state index in [9.17, 15) is 0 Å². The minimum atomic E-state index is 0.534. The summed E-state index contributed by atoms with van der Waals surface area (Å²) in [5, 5.41) is 0.847. The summed E-state index contributed by atoms with van der Waals surface area (Å²) in [4.78, 5) is 7.26. The first-order chi connectivity index (χ1) is 8.24. The van der Waals surface area contributed by atoms with Gasteiger partial charge < -0.3 is 4.90 Å². The molecule has 0 saturated carbocycles. The highest BCUT2D eigenvalue weighted by atomic mass is 35.5. The summed E-state index contributed by atoms with van der Waals surface area (Å²) in [5.74, 6) is 1.78. The highest BCUT2D eigenvalue weighted by Crippen LogP contribution is 2.43. The van der Waals surface area contributed by atoms with Crippen LogP contribution >= 0.6 is 11.6 Å². The first kappa shape index (κ1) is 9.72. The molecular weight excluding hydrogens is 232 g/mol. The average Bonchev–Trinajstić information content (AvgIpc) is 2.94. The summed E-state index contributed by atoms with van der Waals surface area (Å²) >= 11 is 6.29. The molecule has 2 heterocycles. The average molecular weight is 245 g/mol. The van der Waals surface area contributed by atoms with Gasteiger partial charge in [-0.15, -0.1) is 0 Å². The predicted octanol–water partition coefficient (Wildman–Crippen LogP) is 3.45. The topological polar surface area (TPSA) is 15.6 Å². The first-order valence-electron chi connectivity index (χ1n) is 6.05. The molecule has 86 valence electrons. The molecule has 2 aliphatic heterocycles. The van der Waals surface area contributed by atoms with Crippen LogP contribution in [-0.4, -0.2) is 16.8 Å². The monoisotopic (exact) mass is 244 g/mol. The Balaban J connectivity index is 1.93. The number of rotatable bonds is 0. The predicted molar refractivity (Wildman–Crippen MR) is 69.9 cm³/mol. The van der Waals surface area contributed by atoms with Crippen LogP contribution in [0.4, 0.5) is 5.69 Å². The van der Waals surface area contributed by atoms with Gasteiger partial charge in [-0.05, 0) is 25.0 Å². The SMILES string of the molecule is Cc1ccc(Cl)c2c1N=C1C3C=CC(C3)N1C2. The van der Waals surface area contributed by atoms with Crippen LogP contribution in [0.5, 0.6) is 0 Å². The number of nitrogens with zero attached hydrogens (tertiary/aromatic N) is 2. The zero-order valence-corrected chi connectivity index (χ0v) is 10.4. The van der Waals surface area contributed by atoms with Crippen LogP contribution < -0.4 is 0 Å². The lowest BCUT2D eigenvalue weighted by Crippen LogP contribution is -2.36. The second kappa shape index (κ2) is 3.14. The molecule has 2 nitrogen and oxygen atoms in total. The Bertz CT molecular complexity index is 574. The molecule has 1 aliphatic carbocycles. The summed E-state index contributed by atoms with van der Waals surface area (Å²) in [6, 6.07) is 4.59. The number of aryl methyl sites for hydroxylation is 1. The Labute approximate surface area is 106 Å². The fourth-order valence-corrected chi connectivity index (χ4v) is 3.36. The molecule has 1 aromatic carbocycles. The maximum absolute atomic E-state index is 6.29. The van der Waals surface area contributed by atoms with Crippen molar-refractivity contribution in [2.24, 2.45) is 10.9 Å². The van der Waals surface area contributed by atoms with E-state index < -0.39 is 0 Å². The molecule has 0 spiro atoms. The molecule has 1 aromatic rings. The second-order valence-electron chi connectivity index (χ2n) is 5.08. The molecule has 0 N–H and O–H groups in total. The Morgan fingerprint density at radius 2 is 2.24 bits per heavy atom. The van der Waals surface area contributed by atoms with Crippen molar-refractivity contribution in [1.29, 1.82) is 0 Å². The van der Waals surface area contributed by atoms with E-state index in [1.165, 1.54) is 23.4 Å². The van der Waals surface area contributed by atoms with Crippen LogP contribution in [0.3, 0.4) is 0 Å². The zero-order valence-electron chi connectivity index (χ0n) is 9.65. The molecule has 2 unspecified atom stereocenters. The van der Waals surface area contributed by atoms with E-state index in [2.05, 4.69) is 30.0 Å². The maximum atomic E-state index is 6.29. The molecule has 1 fully saturated rings. The lowest BCUT2D eigenvalue weighted by molar-refractivity contribution is 0.377. The van der Waals surface area contributed by atoms with Crippen LogP contribution in [0.2, 0.25) is 5.02 Å². The van der Waals surface area contributed by atoms with E-state index in [-0.39, 0.29) is 0 Å². The Morgan fingerprint density at radius 1 is 1.35 bits per heavy atom. The molecule has 2 bridgehead atoms. The standard InChI is InChI=1S/C14H13ClN2/c1-8-2-5-12(15)11-7-17-10-4-3-9(6-10)14(17)16-13(8)11/h2-5,9-10H,6-7H2,1H3. The van der Waals surface area contributed by atoms with Crippen molar-refractivity contribution in [3.63, 3.8) is 0 Å².